The monoisotopic (exact) mass is 433 g/mol. The molecule has 5 aromatic rings. The van der Waals surface area contributed by atoms with Crippen LogP contribution in [0.1, 0.15) is 17.9 Å². The van der Waals surface area contributed by atoms with Gasteiger partial charge in [0, 0.05) is 24.0 Å². The van der Waals surface area contributed by atoms with Crippen LogP contribution in [0.5, 0.6) is 0 Å². The summed E-state index contributed by atoms with van der Waals surface area (Å²) in [6.45, 7) is 2.09. The summed E-state index contributed by atoms with van der Waals surface area (Å²) in [5, 5.41) is 3.44. The normalized spacial score (nSPS) is 15.8. The van der Waals surface area contributed by atoms with Gasteiger partial charge in [-0.3, -0.25) is 4.57 Å². The first-order valence-electron chi connectivity index (χ1n) is 11.1. The van der Waals surface area contributed by atoms with Gasteiger partial charge in [0.25, 0.3) is 0 Å². The summed E-state index contributed by atoms with van der Waals surface area (Å²) in [6.07, 6.45) is 4.61. The van der Waals surface area contributed by atoms with Crippen molar-refractivity contribution >= 4 is 17.1 Å². The van der Waals surface area contributed by atoms with E-state index in [1.165, 1.54) is 5.56 Å². The first kappa shape index (κ1) is 19.6. The Morgan fingerprint density at radius 1 is 0.909 bits per heavy atom. The van der Waals surface area contributed by atoms with Crippen LogP contribution in [0, 0.1) is 0 Å². The molecule has 1 aliphatic rings. The predicted octanol–water partition coefficient (Wildman–Crippen LogP) is 4.20. The third-order valence-electron chi connectivity index (χ3n) is 6.20. The highest BCUT2D eigenvalue weighted by molar-refractivity contribution is 5.82. The second kappa shape index (κ2) is 8.11. The highest BCUT2D eigenvalue weighted by Gasteiger charge is 2.21. The van der Waals surface area contributed by atoms with Crippen LogP contribution in [0.25, 0.3) is 39.6 Å². The summed E-state index contributed by atoms with van der Waals surface area (Å²) in [5.74, 6) is 1.65. The Kier molecular flexibility index (Phi) is 4.81. The fourth-order valence-corrected chi connectivity index (χ4v) is 4.47. The van der Waals surface area contributed by atoms with Gasteiger partial charge in [-0.05, 0) is 48.7 Å². The molecule has 3 aromatic heterocycles. The molecule has 162 valence electrons. The largest absolute Gasteiger partial charge is 0.383 e. The van der Waals surface area contributed by atoms with Crippen molar-refractivity contribution in [2.45, 2.75) is 12.3 Å². The Morgan fingerprint density at radius 3 is 2.52 bits per heavy atom. The minimum Gasteiger partial charge on any atom is -0.383 e. The number of nitrogens with zero attached hydrogens (tertiary/aromatic N) is 5. The molecule has 0 saturated carbocycles. The number of nitrogens with two attached hydrogens (primary N) is 1. The van der Waals surface area contributed by atoms with E-state index in [0.717, 1.165) is 42.0 Å². The molecule has 33 heavy (non-hydrogen) atoms. The number of nitrogen functional groups attached to an aromatic ring is 1. The second-order valence-electron chi connectivity index (χ2n) is 8.26. The summed E-state index contributed by atoms with van der Waals surface area (Å²) in [5.41, 5.74) is 12.3. The zero-order valence-corrected chi connectivity index (χ0v) is 18.0. The Bertz CT molecular complexity index is 1420. The summed E-state index contributed by atoms with van der Waals surface area (Å²) in [6, 6.07) is 22.5. The topological polar surface area (TPSA) is 94.5 Å². The average Bonchev–Trinajstić information content (AvgIpc) is 3.53. The summed E-state index contributed by atoms with van der Waals surface area (Å²) < 4.78 is 2.03. The zero-order chi connectivity index (χ0) is 22.2. The van der Waals surface area contributed by atoms with Crippen molar-refractivity contribution in [2.75, 3.05) is 18.8 Å². The molecule has 1 aliphatic heterocycles. The fourth-order valence-electron chi connectivity index (χ4n) is 4.47. The van der Waals surface area contributed by atoms with E-state index in [-0.39, 0.29) is 0 Å². The quantitative estimate of drug-likeness (QED) is 0.441. The lowest BCUT2D eigenvalue weighted by atomic mass is 9.98. The molecule has 4 heterocycles. The molecule has 0 radical (unpaired) electrons. The van der Waals surface area contributed by atoms with Gasteiger partial charge >= 0.3 is 0 Å². The van der Waals surface area contributed by atoms with E-state index in [1.807, 2.05) is 47.0 Å². The predicted molar refractivity (Wildman–Crippen MR) is 130 cm³/mol. The van der Waals surface area contributed by atoms with Crippen molar-refractivity contribution in [3.63, 3.8) is 0 Å². The smallest absolute Gasteiger partial charge is 0.198 e. The lowest BCUT2D eigenvalue weighted by molar-refractivity contribution is 0.763. The van der Waals surface area contributed by atoms with E-state index < -0.39 is 0 Å². The molecule has 0 spiro atoms. The second-order valence-corrected chi connectivity index (χ2v) is 8.26. The van der Waals surface area contributed by atoms with Crippen LogP contribution >= 0.6 is 0 Å². The van der Waals surface area contributed by atoms with E-state index in [1.54, 1.807) is 12.4 Å². The molecule has 7 heteroatoms. The highest BCUT2D eigenvalue weighted by Crippen LogP contribution is 2.31. The van der Waals surface area contributed by atoms with E-state index in [9.17, 15) is 0 Å². The number of benzene rings is 2. The Morgan fingerprint density at radius 2 is 1.76 bits per heavy atom. The molecule has 0 bridgehead atoms. The number of pyridine rings is 1. The number of rotatable bonds is 4. The molecule has 0 amide bonds. The molecule has 0 aliphatic carbocycles. The fraction of sp³-hybridized carbons (Fsp3) is 0.154. The van der Waals surface area contributed by atoms with Crippen molar-refractivity contribution in [1.82, 2.24) is 29.8 Å². The minimum absolute atomic E-state index is 0.422. The SMILES string of the molecule is Nc1ncccc1-c1nc2ncc(-c3ccccc3)nc2n1-c1ccc(C2CCNC2)cc1. The van der Waals surface area contributed by atoms with E-state index in [0.29, 0.717) is 28.9 Å². The third kappa shape index (κ3) is 3.52. The first-order valence-corrected chi connectivity index (χ1v) is 11.1. The summed E-state index contributed by atoms with van der Waals surface area (Å²) >= 11 is 0. The third-order valence-corrected chi connectivity index (χ3v) is 6.20. The number of aromatic nitrogens is 5. The maximum atomic E-state index is 6.24. The van der Waals surface area contributed by atoms with Crippen LogP contribution in [-0.4, -0.2) is 37.6 Å². The van der Waals surface area contributed by atoms with Crippen LogP contribution in [0.2, 0.25) is 0 Å². The van der Waals surface area contributed by atoms with E-state index in [2.05, 4.69) is 39.6 Å². The maximum absolute atomic E-state index is 6.24. The zero-order valence-electron chi connectivity index (χ0n) is 18.0. The number of nitrogens with one attached hydrogen (secondary N) is 1. The van der Waals surface area contributed by atoms with Crippen LogP contribution in [0.3, 0.4) is 0 Å². The Labute approximate surface area is 191 Å². The Balaban J connectivity index is 1.55. The maximum Gasteiger partial charge on any atom is 0.198 e. The number of hydrogen-bond acceptors (Lipinski definition) is 6. The van der Waals surface area contributed by atoms with Gasteiger partial charge in [-0.15, -0.1) is 0 Å². The molecule has 1 atom stereocenters. The van der Waals surface area contributed by atoms with Gasteiger partial charge in [-0.1, -0.05) is 42.5 Å². The average molecular weight is 434 g/mol. The standard InChI is InChI=1S/C26H23N7/c27-23-21(7-4-13-29-23)25-32-24-26(31-22(16-30-24)18-5-2-1-3-6-18)33(25)20-10-8-17(9-11-20)19-12-14-28-15-19/h1-11,13,16,19,28H,12,14-15H2,(H2,27,29). The lowest BCUT2D eigenvalue weighted by Gasteiger charge is -2.13. The van der Waals surface area contributed by atoms with E-state index >= 15 is 0 Å². The molecule has 2 aromatic carbocycles. The highest BCUT2D eigenvalue weighted by atomic mass is 15.2. The van der Waals surface area contributed by atoms with Crippen LogP contribution in [-0.2, 0) is 0 Å². The molecule has 6 rings (SSSR count). The van der Waals surface area contributed by atoms with Crippen molar-refractivity contribution in [2.24, 2.45) is 0 Å². The summed E-state index contributed by atoms with van der Waals surface area (Å²) in [4.78, 5) is 18.7. The van der Waals surface area contributed by atoms with Gasteiger partial charge in [-0.25, -0.2) is 19.9 Å². The van der Waals surface area contributed by atoms with Crippen molar-refractivity contribution < 1.29 is 0 Å². The summed E-state index contributed by atoms with van der Waals surface area (Å²) in [7, 11) is 0. The number of imidazole rings is 1. The van der Waals surface area contributed by atoms with Gasteiger partial charge in [0.1, 0.15) is 5.82 Å². The molecule has 3 N–H and O–H groups in total. The molecule has 1 fully saturated rings. The first-order chi connectivity index (χ1) is 16.3. The lowest BCUT2D eigenvalue weighted by Crippen LogP contribution is -2.08. The van der Waals surface area contributed by atoms with Gasteiger partial charge < -0.3 is 11.1 Å². The van der Waals surface area contributed by atoms with Crippen molar-refractivity contribution in [3.8, 4) is 28.3 Å². The molecule has 1 unspecified atom stereocenters. The minimum atomic E-state index is 0.422. The number of fused-ring (bicyclic) bond motifs is 1. The van der Waals surface area contributed by atoms with E-state index in [4.69, 9.17) is 15.7 Å². The number of anilines is 1. The molecule has 7 nitrogen and oxygen atoms in total. The van der Waals surface area contributed by atoms with Crippen LogP contribution in [0.15, 0.2) is 79.1 Å². The van der Waals surface area contributed by atoms with Gasteiger partial charge in [0.15, 0.2) is 17.1 Å². The Hall–Kier alpha value is -4.10. The molecular formula is C26H23N7. The van der Waals surface area contributed by atoms with Gasteiger partial charge in [-0.2, -0.15) is 0 Å². The molecule has 1 saturated heterocycles. The van der Waals surface area contributed by atoms with Crippen LogP contribution < -0.4 is 11.1 Å². The van der Waals surface area contributed by atoms with Crippen molar-refractivity contribution in [1.29, 1.82) is 0 Å². The van der Waals surface area contributed by atoms with Crippen LogP contribution in [0.4, 0.5) is 5.82 Å². The van der Waals surface area contributed by atoms with Gasteiger partial charge in [0.05, 0.1) is 17.5 Å². The van der Waals surface area contributed by atoms with Gasteiger partial charge in [0.2, 0.25) is 0 Å². The molecular weight excluding hydrogens is 410 g/mol. The number of hydrogen-bond donors (Lipinski definition) is 2. The van der Waals surface area contributed by atoms with Crippen molar-refractivity contribution in [3.05, 3.63) is 84.7 Å².